The Morgan fingerprint density at radius 1 is 1.17 bits per heavy atom. The smallest absolute Gasteiger partial charge is 0.375 e. The lowest BCUT2D eigenvalue weighted by Gasteiger charge is -2.00. The molecule has 114 valence electrons. The molecule has 0 saturated heterocycles. The molecule has 0 aliphatic rings. The SMILES string of the molecule is CCOC(=O)c1oc2ccccc2c1-c1nc2ccccc2s1. The van der Waals surface area contributed by atoms with Crippen LogP contribution < -0.4 is 0 Å². The van der Waals surface area contributed by atoms with Crippen LogP contribution in [0.5, 0.6) is 0 Å². The number of hydrogen-bond donors (Lipinski definition) is 0. The van der Waals surface area contributed by atoms with Gasteiger partial charge in [-0.3, -0.25) is 0 Å². The van der Waals surface area contributed by atoms with Crippen molar-refractivity contribution in [2.45, 2.75) is 6.92 Å². The van der Waals surface area contributed by atoms with Crippen molar-refractivity contribution in [1.29, 1.82) is 0 Å². The second kappa shape index (κ2) is 5.52. The van der Waals surface area contributed by atoms with Crippen molar-refractivity contribution >= 4 is 38.5 Å². The van der Waals surface area contributed by atoms with Crippen LogP contribution in [0.3, 0.4) is 0 Å². The number of rotatable bonds is 3. The Kier molecular flexibility index (Phi) is 3.35. The average molecular weight is 323 g/mol. The first-order valence-electron chi connectivity index (χ1n) is 7.32. The van der Waals surface area contributed by atoms with Crippen molar-refractivity contribution in [3.63, 3.8) is 0 Å². The van der Waals surface area contributed by atoms with Crippen LogP contribution in [0, 0.1) is 0 Å². The summed E-state index contributed by atoms with van der Waals surface area (Å²) in [6, 6.07) is 15.5. The lowest BCUT2D eigenvalue weighted by Crippen LogP contribution is -2.04. The molecule has 0 bridgehead atoms. The molecule has 4 nitrogen and oxygen atoms in total. The van der Waals surface area contributed by atoms with Crippen molar-refractivity contribution in [2.24, 2.45) is 0 Å². The molecule has 4 aromatic rings. The van der Waals surface area contributed by atoms with Gasteiger partial charge in [0.25, 0.3) is 0 Å². The highest BCUT2D eigenvalue weighted by atomic mass is 32.1. The molecule has 0 saturated carbocycles. The zero-order valence-corrected chi connectivity index (χ0v) is 13.2. The predicted molar refractivity (Wildman–Crippen MR) is 90.8 cm³/mol. The molecule has 0 aliphatic carbocycles. The summed E-state index contributed by atoms with van der Waals surface area (Å²) in [5, 5.41) is 1.63. The van der Waals surface area contributed by atoms with E-state index in [-0.39, 0.29) is 5.76 Å². The van der Waals surface area contributed by atoms with Crippen LogP contribution in [-0.4, -0.2) is 17.6 Å². The van der Waals surface area contributed by atoms with Gasteiger partial charge in [0.1, 0.15) is 10.6 Å². The second-order valence-corrected chi connectivity index (χ2v) is 6.04. The van der Waals surface area contributed by atoms with Gasteiger partial charge in [0, 0.05) is 5.39 Å². The summed E-state index contributed by atoms with van der Waals surface area (Å²) < 4.78 is 12.0. The molecule has 0 unspecified atom stereocenters. The summed E-state index contributed by atoms with van der Waals surface area (Å²) in [7, 11) is 0. The van der Waals surface area contributed by atoms with E-state index in [4.69, 9.17) is 9.15 Å². The summed E-state index contributed by atoms with van der Waals surface area (Å²) in [5.41, 5.74) is 2.28. The number of thiazole rings is 1. The Morgan fingerprint density at radius 3 is 2.78 bits per heavy atom. The molecular formula is C18H13NO3S. The molecule has 0 aliphatic heterocycles. The molecule has 0 amide bonds. The highest BCUT2D eigenvalue weighted by Crippen LogP contribution is 2.39. The Morgan fingerprint density at radius 2 is 1.96 bits per heavy atom. The highest BCUT2D eigenvalue weighted by Gasteiger charge is 2.25. The Bertz CT molecular complexity index is 982. The van der Waals surface area contributed by atoms with Crippen LogP contribution in [0.1, 0.15) is 17.5 Å². The maximum absolute atomic E-state index is 12.3. The van der Waals surface area contributed by atoms with E-state index < -0.39 is 5.97 Å². The van der Waals surface area contributed by atoms with Crippen LogP contribution in [0.25, 0.3) is 31.8 Å². The van der Waals surface area contributed by atoms with E-state index in [1.165, 1.54) is 0 Å². The zero-order valence-electron chi connectivity index (χ0n) is 12.4. The fourth-order valence-electron chi connectivity index (χ4n) is 2.58. The topological polar surface area (TPSA) is 52.3 Å². The Labute approximate surface area is 136 Å². The van der Waals surface area contributed by atoms with Crippen LogP contribution in [0.15, 0.2) is 52.9 Å². The van der Waals surface area contributed by atoms with Crippen LogP contribution >= 0.6 is 11.3 Å². The molecule has 0 atom stereocenters. The molecule has 2 aromatic heterocycles. The average Bonchev–Trinajstić information content (AvgIpc) is 3.15. The fourth-order valence-corrected chi connectivity index (χ4v) is 3.60. The first-order chi connectivity index (χ1) is 11.3. The van der Waals surface area contributed by atoms with Gasteiger partial charge < -0.3 is 9.15 Å². The predicted octanol–water partition coefficient (Wildman–Crippen LogP) is 4.89. The number of esters is 1. The van der Waals surface area contributed by atoms with Gasteiger partial charge in [-0.1, -0.05) is 30.3 Å². The van der Waals surface area contributed by atoms with Crippen LogP contribution in [0.4, 0.5) is 0 Å². The molecule has 0 N–H and O–H groups in total. The van der Waals surface area contributed by atoms with E-state index in [2.05, 4.69) is 4.98 Å². The minimum Gasteiger partial charge on any atom is -0.460 e. The van der Waals surface area contributed by atoms with E-state index in [0.29, 0.717) is 17.8 Å². The first kappa shape index (κ1) is 14.0. The minimum atomic E-state index is -0.460. The third kappa shape index (κ3) is 2.29. The number of aromatic nitrogens is 1. The zero-order chi connectivity index (χ0) is 15.8. The summed E-state index contributed by atoms with van der Waals surface area (Å²) in [5.74, 6) is -0.245. The van der Waals surface area contributed by atoms with Crippen molar-refractivity contribution < 1.29 is 13.9 Å². The Balaban J connectivity index is 2.00. The number of benzene rings is 2. The van der Waals surface area contributed by atoms with Crippen LogP contribution in [-0.2, 0) is 4.74 Å². The monoisotopic (exact) mass is 323 g/mol. The number of carbonyl (C=O) groups is 1. The molecule has 2 aromatic carbocycles. The normalized spacial score (nSPS) is 11.2. The van der Waals surface area contributed by atoms with Gasteiger partial charge in [-0.15, -0.1) is 11.3 Å². The van der Waals surface area contributed by atoms with E-state index >= 15 is 0 Å². The number of ether oxygens (including phenoxy) is 1. The van der Waals surface area contributed by atoms with Gasteiger partial charge in [0.05, 0.1) is 22.4 Å². The molecular weight excluding hydrogens is 310 g/mol. The summed E-state index contributed by atoms with van der Waals surface area (Å²) in [6.07, 6.45) is 0. The molecule has 23 heavy (non-hydrogen) atoms. The maximum atomic E-state index is 12.3. The quantitative estimate of drug-likeness (QED) is 0.504. The standard InChI is InChI=1S/C18H13NO3S/c1-2-21-18(20)16-15(11-7-3-5-9-13(11)22-16)17-19-12-8-4-6-10-14(12)23-17/h3-10H,2H2,1H3. The summed E-state index contributed by atoms with van der Waals surface area (Å²) in [4.78, 5) is 16.9. The molecule has 4 rings (SSSR count). The van der Waals surface area contributed by atoms with Crippen molar-refractivity contribution in [1.82, 2.24) is 4.98 Å². The number of nitrogens with zero attached hydrogens (tertiary/aromatic N) is 1. The lowest BCUT2D eigenvalue weighted by molar-refractivity contribution is 0.0494. The molecule has 0 spiro atoms. The molecule has 0 fully saturated rings. The summed E-state index contributed by atoms with van der Waals surface area (Å²) in [6.45, 7) is 2.08. The van der Waals surface area contributed by atoms with Crippen molar-refractivity contribution in [2.75, 3.05) is 6.61 Å². The second-order valence-electron chi connectivity index (χ2n) is 5.01. The highest BCUT2D eigenvalue weighted by molar-refractivity contribution is 7.21. The van der Waals surface area contributed by atoms with E-state index in [9.17, 15) is 4.79 Å². The van der Waals surface area contributed by atoms with E-state index in [0.717, 1.165) is 20.6 Å². The summed E-state index contributed by atoms with van der Waals surface area (Å²) >= 11 is 1.54. The number of carbonyl (C=O) groups excluding carboxylic acids is 1. The number of para-hydroxylation sites is 2. The Hall–Kier alpha value is -2.66. The lowest BCUT2D eigenvalue weighted by atomic mass is 10.1. The van der Waals surface area contributed by atoms with Gasteiger partial charge in [0.2, 0.25) is 5.76 Å². The van der Waals surface area contributed by atoms with E-state index in [1.54, 1.807) is 18.3 Å². The van der Waals surface area contributed by atoms with Crippen molar-refractivity contribution in [3.8, 4) is 10.6 Å². The maximum Gasteiger partial charge on any atom is 0.375 e. The van der Waals surface area contributed by atoms with Gasteiger partial charge in [0.15, 0.2) is 0 Å². The van der Waals surface area contributed by atoms with Crippen molar-refractivity contribution in [3.05, 3.63) is 54.3 Å². The van der Waals surface area contributed by atoms with Crippen LogP contribution in [0.2, 0.25) is 0 Å². The third-order valence-electron chi connectivity index (χ3n) is 3.56. The van der Waals surface area contributed by atoms with Gasteiger partial charge >= 0.3 is 5.97 Å². The number of hydrogen-bond acceptors (Lipinski definition) is 5. The fraction of sp³-hybridized carbons (Fsp3) is 0.111. The third-order valence-corrected chi connectivity index (χ3v) is 4.62. The molecule has 2 heterocycles. The largest absolute Gasteiger partial charge is 0.460 e. The molecule has 5 heteroatoms. The number of fused-ring (bicyclic) bond motifs is 2. The molecule has 0 radical (unpaired) electrons. The van der Waals surface area contributed by atoms with Gasteiger partial charge in [-0.25, -0.2) is 9.78 Å². The van der Waals surface area contributed by atoms with E-state index in [1.807, 2.05) is 48.5 Å². The first-order valence-corrected chi connectivity index (χ1v) is 8.14. The number of furan rings is 1. The van der Waals surface area contributed by atoms with Gasteiger partial charge in [-0.05, 0) is 25.1 Å². The minimum absolute atomic E-state index is 0.215. The van der Waals surface area contributed by atoms with Gasteiger partial charge in [-0.2, -0.15) is 0 Å².